The lowest BCUT2D eigenvalue weighted by Crippen LogP contribution is -2.52. The smallest absolute Gasteiger partial charge is 0.243 e. The van der Waals surface area contributed by atoms with Gasteiger partial charge in [-0.3, -0.25) is 14.5 Å². The molecule has 3 rings (SSSR count). The maximum atomic E-state index is 13.5. The number of anilines is 1. The minimum atomic E-state index is -3.75. The molecule has 1 aromatic rings. The quantitative estimate of drug-likeness (QED) is 0.550. The molecule has 1 aliphatic carbocycles. The van der Waals surface area contributed by atoms with Crippen molar-refractivity contribution in [3.8, 4) is 0 Å². The van der Waals surface area contributed by atoms with Crippen LogP contribution in [0.2, 0.25) is 0 Å². The highest BCUT2D eigenvalue weighted by molar-refractivity contribution is 7.89. The lowest BCUT2D eigenvalue weighted by atomic mass is 9.85. The first kappa shape index (κ1) is 27.6. The summed E-state index contributed by atoms with van der Waals surface area (Å²) < 4.78 is 33.8. The van der Waals surface area contributed by atoms with E-state index in [1.807, 2.05) is 4.90 Å². The first-order chi connectivity index (χ1) is 16.6. The van der Waals surface area contributed by atoms with E-state index in [4.69, 9.17) is 4.74 Å². The van der Waals surface area contributed by atoms with E-state index in [1.54, 1.807) is 19.2 Å². The Bertz CT molecular complexity index is 951. The van der Waals surface area contributed by atoms with Gasteiger partial charge >= 0.3 is 0 Å². The summed E-state index contributed by atoms with van der Waals surface area (Å²) in [4.78, 5) is 29.0. The normalized spacial score (nSPS) is 21.9. The standard InChI is InChI=1S/C25H40N4O5S/c1-19(2)27-13-15-28(16-14-27)25(31)21-5-9-23(10-6-21)29(17-18-34-4)35(32,33)24-11-7-22(8-12-24)26-20(3)30/h7-8,11-12,19,21,23H,5-6,9-10,13-18H2,1-4H3,(H,26,30). The molecule has 2 aliphatic rings. The number of methoxy groups -OCH3 is 1. The Hall–Kier alpha value is -2.01. The van der Waals surface area contributed by atoms with Crippen LogP contribution < -0.4 is 5.32 Å². The molecule has 2 amide bonds. The summed E-state index contributed by atoms with van der Waals surface area (Å²) in [6.45, 7) is 9.66. The van der Waals surface area contributed by atoms with Crippen molar-refractivity contribution < 1.29 is 22.7 Å². The van der Waals surface area contributed by atoms with E-state index in [0.29, 0.717) is 44.0 Å². The minimum absolute atomic E-state index is 0.0410. The number of rotatable bonds is 9. The van der Waals surface area contributed by atoms with Crippen molar-refractivity contribution in [3.05, 3.63) is 24.3 Å². The van der Waals surface area contributed by atoms with Crippen LogP contribution in [0.4, 0.5) is 5.69 Å². The molecule has 196 valence electrons. The van der Waals surface area contributed by atoms with Gasteiger partial charge in [-0.05, 0) is 63.8 Å². The Morgan fingerprint density at radius 3 is 2.17 bits per heavy atom. The van der Waals surface area contributed by atoms with Crippen LogP contribution >= 0.6 is 0 Å². The number of nitrogens with zero attached hydrogens (tertiary/aromatic N) is 3. The van der Waals surface area contributed by atoms with Crippen molar-refractivity contribution in [2.45, 2.75) is 63.4 Å². The zero-order valence-electron chi connectivity index (χ0n) is 21.4. The molecule has 1 N–H and O–H groups in total. The van der Waals surface area contributed by atoms with Crippen LogP contribution in [0.3, 0.4) is 0 Å². The van der Waals surface area contributed by atoms with Crippen LogP contribution in [-0.4, -0.2) is 92.9 Å². The molecule has 1 saturated heterocycles. The van der Waals surface area contributed by atoms with Crippen LogP contribution in [0.1, 0.15) is 46.5 Å². The summed E-state index contributed by atoms with van der Waals surface area (Å²) in [5, 5.41) is 2.65. The summed E-state index contributed by atoms with van der Waals surface area (Å²) >= 11 is 0. The molecule has 1 aromatic carbocycles. The summed E-state index contributed by atoms with van der Waals surface area (Å²) in [6, 6.07) is 6.55. The summed E-state index contributed by atoms with van der Waals surface area (Å²) in [7, 11) is -2.19. The van der Waals surface area contributed by atoms with Gasteiger partial charge in [0.05, 0.1) is 11.5 Å². The third-order valence-electron chi connectivity index (χ3n) is 7.11. The molecule has 0 spiro atoms. The van der Waals surface area contributed by atoms with Crippen molar-refractivity contribution in [2.24, 2.45) is 5.92 Å². The third-order valence-corrected chi connectivity index (χ3v) is 9.07. The molecule has 0 radical (unpaired) electrons. The first-order valence-electron chi connectivity index (χ1n) is 12.5. The average Bonchev–Trinajstić information content (AvgIpc) is 2.84. The zero-order valence-corrected chi connectivity index (χ0v) is 22.2. The monoisotopic (exact) mass is 508 g/mol. The molecule has 1 aliphatic heterocycles. The van der Waals surface area contributed by atoms with Gasteiger partial charge in [0.25, 0.3) is 0 Å². The van der Waals surface area contributed by atoms with Crippen LogP contribution in [0, 0.1) is 5.92 Å². The summed E-state index contributed by atoms with van der Waals surface area (Å²) in [5.74, 6) is -0.0390. The number of amides is 2. The Labute approximate surface area is 209 Å². The van der Waals surface area contributed by atoms with Gasteiger partial charge in [-0.15, -0.1) is 0 Å². The van der Waals surface area contributed by atoms with E-state index in [2.05, 4.69) is 24.1 Å². The van der Waals surface area contributed by atoms with E-state index in [-0.39, 0.29) is 35.2 Å². The number of hydrogen-bond acceptors (Lipinski definition) is 6. The van der Waals surface area contributed by atoms with Crippen molar-refractivity contribution in [3.63, 3.8) is 0 Å². The molecular weight excluding hydrogens is 468 g/mol. The van der Waals surface area contributed by atoms with Crippen LogP contribution in [-0.2, 0) is 24.3 Å². The second kappa shape index (κ2) is 12.3. The van der Waals surface area contributed by atoms with Gasteiger partial charge in [-0.2, -0.15) is 4.31 Å². The average molecular weight is 509 g/mol. The molecule has 10 heteroatoms. The highest BCUT2D eigenvalue weighted by atomic mass is 32.2. The number of benzene rings is 1. The van der Waals surface area contributed by atoms with E-state index >= 15 is 0 Å². The number of nitrogens with one attached hydrogen (secondary N) is 1. The largest absolute Gasteiger partial charge is 0.383 e. The molecule has 9 nitrogen and oxygen atoms in total. The fourth-order valence-electron chi connectivity index (χ4n) is 5.06. The van der Waals surface area contributed by atoms with Crippen molar-refractivity contribution in [1.29, 1.82) is 0 Å². The molecule has 0 bridgehead atoms. The van der Waals surface area contributed by atoms with E-state index in [9.17, 15) is 18.0 Å². The fraction of sp³-hybridized carbons (Fsp3) is 0.680. The molecule has 0 unspecified atom stereocenters. The zero-order chi connectivity index (χ0) is 25.6. The maximum absolute atomic E-state index is 13.5. The third kappa shape index (κ3) is 7.03. The molecule has 0 aromatic heterocycles. The predicted octanol–water partition coefficient (Wildman–Crippen LogP) is 2.39. The van der Waals surface area contributed by atoms with Gasteiger partial charge in [0.15, 0.2) is 0 Å². The SMILES string of the molecule is COCCN(C1CCC(C(=O)N2CCN(C(C)C)CC2)CC1)S(=O)(=O)c1ccc(NC(C)=O)cc1. The van der Waals surface area contributed by atoms with Crippen molar-refractivity contribution in [2.75, 3.05) is 51.8 Å². The van der Waals surface area contributed by atoms with Crippen molar-refractivity contribution >= 4 is 27.5 Å². The lowest BCUT2D eigenvalue weighted by Gasteiger charge is -2.40. The van der Waals surface area contributed by atoms with E-state index in [1.165, 1.54) is 23.4 Å². The van der Waals surface area contributed by atoms with Gasteiger partial charge in [0.2, 0.25) is 21.8 Å². The predicted molar refractivity (Wildman–Crippen MR) is 136 cm³/mol. The second-order valence-electron chi connectivity index (χ2n) is 9.77. The van der Waals surface area contributed by atoms with Gasteiger partial charge in [-0.25, -0.2) is 8.42 Å². The molecule has 2 fully saturated rings. The summed E-state index contributed by atoms with van der Waals surface area (Å²) in [5.41, 5.74) is 0.549. The number of ether oxygens (including phenoxy) is 1. The van der Waals surface area contributed by atoms with Crippen molar-refractivity contribution in [1.82, 2.24) is 14.1 Å². The van der Waals surface area contributed by atoms with Crippen LogP contribution in [0.25, 0.3) is 0 Å². The van der Waals surface area contributed by atoms with Crippen LogP contribution in [0.5, 0.6) is 0 Å². The van der Waals surface area contributed by atoms with E-state index < -0.39 is 10.0 Å². The van der Waals surface area contributed by atoms with Gasteiger partial charge < -0.3 is 15.0 Å². The number of hydrogen-bond donors (Lipinski definition) is 1. The topological polar surface area (TPSA) is 99.3 Å². The van der Waals surface area contributed by atoms with Crippen LogP contribution in [0.15, 0.2) is 29.2 Å². The van der Waals surface area contributed by atoms with Gasteiger partial charge in [0.1, 0.15) is 0 Å². The number of carbonyl (C=O) groups excluding carboxylic acids is 2. The highest BCUT2D eigenvalue weighted by Gasteiger charge is 2.37. The first-order valence-corrected chi connectivity index (χ1v) is 14.0. The number of carbonyl (C=O) groups is 2. The Morgan fingerprint density at radius 2 is 1.66 bits per heavy atom. The van der Waals surface area contributed by atoms with E-state index in [0.717, 1.165) is 26.2 Å². The second-order valence-corrected chi connectivity index (χ2v) is 11.7. The highest BCUT2D eigenvalue weighted by Crippen LogP contribution is 2.32. The Kier molecular flexibility index (Phi) is 9.69. The molecule has 1 heterocycles. The Morgan fingerprint density at radius 1 is 1.06 bits per heavy atom. The molecular formula is C25H40N4O5S. The fourth-order valence-corrected chi connectivity index (χ4v) is 6.73. The minimum Gasteiger partial charge on any atom is -0.383 e. The maximum Gasteiger partial charge on any atom is 0.243 e. The number of piperazine rings is 1. The Balaban J connectivity index is 1.64. The summed E-state index contributed by atoms with van der Waals surface area (Å²) in [6.07, 6.45) is 2.67. The number of sulfonamides is 1. The molecule has 1 saturated carbocycles. The molecule has 0 atom stereocenters. The van der Waals surface area contributed by atoms with Gasteiger partial charge in [-0.1, -0.05) is 0 Å². The lowest BCUT2D eigenvalue weighted by molar-refractivity contribution is -0.138. The molecule has 35 heavy (non-hydrogen) atoms. The van der Waals surface area contributed by atoms with Gasteiger partial charge in [0, 0.05) is 70.4 Å².